The number of rotatable bonds is 2. The first-order chi connectivity index (χ1) is 5.27. The molecule has 0 bridgehead atoms. The topological polar surface area (TPSA) is 29.5 Å². The SMILES string of the molecule is CCC1CC[C@@H](O)C(OC)C1. The molecule has 1 saturated carbocycles. The Morgan fingerprint density at radius 1 is 1.45 bits per heavy atom. The quantitative estimate of drug-likeness (QED) is 0.661. The summed E-state index contributed by atoms with van der Waals surface area (Å²) >= 11 is 0. The molecule has 0 heterocycles. The Labute approximate surface area is 68.6 Å². The van der Waals surface area contributed by atoms with Crippen LogP contribution in [0.3, 0.4) is 0 Å². The summed E-state index contributed by atoms with van der Waals surface area (Å²) in [6.07, 6.45) is 4.20. The molecular formula is C9H18O2. The monoisotopic (exact) mass is 158 g/mol. The molecule has 2 nitrogen and oxygen atoms in total. The van der Waals surface area contributed by atoms with Crippen LogP contribution >= 0.6 is 0 Å². The molecule has 2 heteroatoms. The average molecular weight is 158 g/mol. The first-order valence-corrected chi connectivity index (χ1v) is 4.48. The van der Waals surface area contributed by atoms with Crippen molar-refractivity contribution in [1.29, 1.82) is 0 Å². The van der Waals surface area contributed by atoms with E-state index in [2.05, 4.69) is 6.92 Å². The van der Waals surface area contributed by atoms with Gasteiger partial charge in [-0.2, -0.15) is 0 Å². The van der Waals surface area contributed by atoms with E-state index in [1.165, 1.54) is 6.42 Å². The summed E-state index contributed by atoms with van der Waals surface area (Å²) in [7, 11) is 1.69. The van der Waals surface area contributed by atoms with E-state index in [4.69, 9.17) is 4.74 Å². The van der Waals surface area contributed by atoms with E-state index in [9.17, 15) is 5.11 Å². The van der Waals surface area contributed by atoms with Gasteiger partial charge >= 0.3 is 0 Å². The molecular weight excluding hydrogens is 140 g/mol. The van der Waals surface area contributed by atoms with Crippen molar-refractivity contribution in [2.24, 2.45) is 5.92 Å². The van der Waals surface area contributed by atoms with Gasteiger partial charge in [-0.25, -0.2) is 0 Å². The van der Waals surface area contributed by atoms with Crippen molar-refractivity contribution in [2.45, 2.75) is 44.8 Å². The van der Waals surface area contributed by atoms with Crippen LogP contribution in [-0.2, 0) is 4.74 Å². The van der Waals surface area contributed by atoms with Crippen molar-refractivity contribution in [1.82, 2.24) is 0 Å². The van der Waals surface area contributed by atoms with Crippen molar-refractivity contribution in [2.75, 3.05) is 7.11 Å². The second-order valence-corrected chi connectivity index (χ2v) is 3.43. The molecule has 0 aromatic rings. The van der Waals surface area contributed by atoms with E-state index in [0.717, 1.165) is 25.2 Å². The lowest BCUT2D eigenvalue weighted by Crippen LogP contribution is -2.34. The van der Waals surface area contributed by atoms with Crippen LogP contribution in [0.1, 0.15) is 32.6 Å². The van der Waals surface area contributed by atoms with E-state index in [-0.39, 0.29) is 12.2 Å². The van der Waals surface area contributed by atoms with Gasteiger partial charge in [0.15, 0.2) is 0 Å². The van der Waals surface area contributed by atoms with Crippen LogP contribution in [0.25, 0.3) is 0 Å². The first kappa shape index (κ1) is 9.01. The maximum absolute atomic E-state index is 9.46. The van der Waals surface area contributed by atoms with E-state index >= 15 is 0 Å². The largest absolute Gasteiger partial charge is 0.390 e. The second-order valence-electron chi connectivity index (χ2n) is 3.43. The Kier molecular flexibility index (Phi) is 3.34. The molecule has 0 amide bonds. The molecule has 1 aliphatic carbocycles. The zero-order valence-corrected chi connectivity index (χ0v) is 7.42. The molecule has 3 atom stereocenters. The van der Waals surface area contributed by atoms with Crippen LogP contribution in [0.5, 0.6) is 0 Å². The van der Waals surface area contributed by atoms with E-state index < -0.39 is 0 Å². The molecule has 0 aliphatic heterocycles. The van der Waals surface area contributed by atoms with E-state index in [1.54, 1.807) is 7.11 Å². The molecule has 1 fully saturated rings. The molecule has 0 saturated heterocycles. The van der Waals surface area contributed by atoms with Gasteiger partial charge in [-0.3, -0.25) is 0 Å². The predicted molar refractivity (Wildman–Crippen MR) is 44.4 cm³/mol. The molecule has 2 unspecified atom stereocenters. The minimum Gasteiger partial charge on any atom is -0.390 e. The molecule has 66 valence electrons. The van der Waals surface area contributed by atoms with Gasteiger partial charge in [0.2, 0.25) is 0 Å². The van der Waals surface area contributed by atoms with Crippen molar-refractivity contribution in [3.8, 4) is 0 Å². The van der Waals surface area contributed by atoms with Crippen molar-refractivity contribution < 1.29 is 9.84 Å². The van der Waals surface area contributed by atoms with Crippen molar-refractivity contribution >= 4 is 0 Å². The highest BCUT2D eigenvalue weighted by Gasteiger charge is 2.27. The highest BCUT2D eigenvalue weighted by molar-refractivity contribution is 4.79. The lowest BCUT2D eigenvalue weighted by Gasteiger charge is -2.31. The van der Waals surface area contributed by atoms with Gasteiger partial charge < -0.3 is 9.84 Å². The highest BCUT2D eigenvalue weighted by atomic mass is 16.5. The van der Waals surface area contributed by atoms with Crippen LogP contribution in [-0.4, -0.2) is 24.4 Å². The van der Waals surface area contributed by atoms with Gasteiger partial charge in [0.25, 0.3) is 0 Å². The zero-order valence-electron chi connectivity index (χ0n) is 7.42. The third kappa shape index (κ3) is 2.17. The summed E-state index contributed by atoms with van der Waals surface area (Å²) in [4.78, 5) is 0. The summed E-state index contributed by atoms with van der Waals surface area (Å²) in [5, 5.41) is 9.46. The molecule has 0 aromatic heterocycles. The molecule has 0 spiro atoms. The summed E-state index contributed by atoms with van der Waals surface area (Å²) in [5.41, 5.74) is 0. The Bertz CT molecular complexity index is 114. The summed E-state index contributed by atoms with van der Waals surface area (Å²) in [5.74, 6) is 0.767. The summed E-state index contributed by atoms with van der Waals surface area (Å²) in [6.45, 7) is 2.20. The Morgan fingerprint density at radius 2 is 2.18 bits per heavy atom. The van der Waals surface area contributed by atoms with Crippen LogP contribution in [0.4, 0.5) is 0 Å². The number of aliphatic hydroxyl groups is 1. The normalized spacial score (nSPS) is 39.0. The van der Waals surface area contributed by atoms with Crippen molar-refractivity contribution in [3.63, 3.8) is 0 Å². The lowest BCUT2D eigenvalue weighted by molar-refractivity contribution is -0.0507. The first-order valence-electron chi connectivity index (χ1n) is 4.48. The van der Waals surface area contributed by atoms with Gasteiger partial charge in [-0.1, -0.05) is 13.3 Å². The van der Waals surface area contributed by atoms with Gasteiger partial charge in [-0.05, 0) is 25.2 Å². The second kappa shape index (κ2) is 4.07. The third-order valence-electron chi connectivity index (χ3n) is 2.75. The number of aliphatic hydroxyl groups excluding tert-OH is 1. The lowest BCUT2D eigenvalue weighted by atomic mass is 9.84. The van der Waals surface area contributed by atoms with Crippen LogP contribution in [0.2, 0.25) is 0 Å². The number of ether oxygens (including phenoxy) is 1. The number of hydrogen-bond donors (Lipinski definition) is 1. The number of hydrogen-bond acceptors (Lipinski definition) is 2. The van der Waals surface area contributed by atoms with E-state index in [0.29, 0.717) is 0 Å². The molecule has 0 radical (unpaired) electrons. The highest BCUT2D eigenvalue weighted by Crippen LogP contribution is 2.28. The molecule has 0 aromatic carbocycles. The Balaban J connectivity index is 2.37. The maximum atomic E-state index is 9.46. The fourth-order valence-electron chi connectivity index (χ4n) is 1.82. The average Bonchev–Trinajstić information content (AvgIpc) is 2.05. The van der Waals surface area contributed by atoms with Gasteiger partial charge in [0.05, 0.1) is 12.2 Å². The van der Waals surface area contributed by atoms with Gasteiger partial charge in [-0.15, -0.1) is 0 Å². The molecule has 1 rings (SSSR count). The predicted octanol–water partition coefficient (Wildman–Crippen LogP) is 1.57. The Hall–Kier alpha value is -0.0800. The fourth-order valence-corrected chi connectivity index (χ4v) is 1.82. The summed E-state index contributed by atoms with van der Waals surface area (Å²) in [6, 6.07) is 0. The number of methoxy groups -OCH3 is 1. The fraction of sp³-hybridized carbons (Fsp3) is 1.00. The zero-order chi connectivity index (χ0) is 8.27. The maximum Gasteiger partial charge on any atom is 0.0832 e. The third-order valence-corrected chi connectivity index (χ3v) is 2.75. The van der Waals surface area contributed by atoms with Crippen LogP contribution in [0, 0.1) is 5.92 Å². The molecule has 1 aliphatic rings. The molecule has 11 heavy (non-hydrogen) atoms. The smallest absolute Gasteiger partial charge is 0.0832 e. The van der Waals surface area contributed by atoms with Crippen LogP contribution < -0.4 is 0 Å². The summed E-state index contributed by atoms with van der Waals surface area (Å²) < 4.78 is 5.19. The Morgan fingerprint density at radius 3 is 2.73 bits per heavy atom. The van der Waals surface area contributed by atoms with Crippen molar-refractivity contribution in [3.05, 3.63) is 0 Å². The minimum absolute atomic E-state index is 0.0914. The molecule has 1 N–H and O–H groups in total. The van der Waals surface area contributed by atoms with Gasteiger partial charge in [0, 0.05) is 7.11 Å². The van der Waals surface area contributed by atoms with Crippen LogP contribution in [0.15, 0.2) is 0 Å². The minimum atomic E-state index is -0.220. The van der Waals surface area contributed by atoms with E-state index in [1.807, 2.05) is 0 Å². The standard InChI is InChI=1S/C9H18O2/c1-3-7-4-5-8(10)9(6-7)11-2/h7-10H,3-6H2,1-2H3/t7?,8-,9?/m1/s1. The van der Waals surface area contributed by atoms with Gasteiger partial charge in [0.1, 0.15) is 0 Å².